The number of rotatable bonds is 9. The van der Waals surface area contributed by atoms with Crippen molar-refractivity contribution >= 4 is 11.8 Å². The Kier molecular flexibility index (Phi) is 8.46. The van der Waals surface area contributed by atoms with Gasteiger partial charge in [0.05, 0.1) is 14.2 Å². The van der Waals surface area contributed by atoms with Crippen molar-refractivity contribution in [2.45, 2.75) is 45.8 Å². The topological polar surface area (TPSA) is 77.1 Å². The number of nitrogens with zero attached hydrogens (tertiary/aromatic N) is 1. The number of ether oxygens (including phenoxy) is 3. The lowest BCUT2D eigenvalue weighted by atomic mass is 10.1. The van der Waals surface area contributed by atoms with Gasteiger partial charge in [0.15, 0.2) is 6.61 Å². The molecule has 1 atom stereocenters. The lowest BCUT2D eigenvalue weighted by Gasteiger charge is -2.31. The van der Waals surface area contributed by atoms with Crippen molar-refractivity contribution in [3.05, 3.63) is 53.8 Å². The molecule has 8 heteroatoms. The Hall–Kier alpha value is -3.29. The highest BCUT2D eigenvalue weighted by Gasteiger charge is 2.29. The minimum atomic E-state index is -0.843. The Balaban J connectivity index is 2.23. The highest BCUT2D eigenvalue weighted by molar-refractivity contribution is 5.88. The summed E-state index contributed by atoms with van der Waals surface area (Å²) in [6.07, 6.45) is 0. The first-order valence-corrected chi connectivity index (χ1v) is 10.2. The summed E-state index contributed by atoms with van der Waals surface area (Å²) in [7, 11) is 3.02. The molecule has 174 valence electrons. The fraction of sp³-hybridized carbons (Fsp3) is 0.417. The summed E-state index contributed by atoms with van der Waals surface area (Å²) in [6.45, 7) is 6.72. The molecule has 0 aromatic heterocycles. The van der Waals surface area contributed by atoms with E-state index in [0.29, 0.717) is 22.8 Å². The highest BCUT2D eigenvalue weighted by atomic mass is 19.1. The number of hydrogen-bond acceptors (Lipinski definition) is 5. The van der Waals surface area contributed by atoms with Gasteiger partial charge in [-0.05, 0) is 33.8 Å². The van der Waals surface area contributed by atoms with Crippen LogP contribution in [0.5, 0.6) is 17.2 Å². The third-order valence-corrected chi connectivity index (χ3v) is 4.65. The summed E-state index contributed by atoms with van der Waals surface area (Å²) in [5.74, 6) is 0.122. The monoisotopic (exact) mass is 446 g/mol. The number of methoxy groups -OCH3 is 2. The molecular weight excluding hydrogens is 415 g/mol. The highest BCUT2D eigenvalue weighted by Crippen LogP contribution is 2.27. The smallest absolute Gasteiger partial charge is 0.261 e. The van der Waals surface area contributed by atoms with Crippen LogP contribution < -0.4 is 19.5 Å². The lowest BCUT2D eigenvalue weighted by Crippen LogP contribution is -2.53. The molecule has 0 radical (unpaired) electrons. The van der Waals surface area contributed by atoms with E-state index in [4.69, 9.17) is 14.2 Å². The van der Waals surface area contributed by atoms with Crippen molar-refractivity contribution < 1.29 is 28.2 Å². The summed E-state index contributed by atoms with van der Waals surface area (Å²) in [4.78, 5) is 27.1. The second kappa shape index (κ2) is 10.8. The van der Waals surface area contributed by atoms with Crippen LogP contribution in [-0.4, -0.2) is 49.1 Å². The van der Waals surface area contributed by atoms with Gasteiger partial charge in [-0.15, -0.1) is 0 Å². The molecular formula is C24H31FN2O5. The Morgan fingerprint density at radius 2 is 1.59 bits per heavy atom. The molecule has 2 amide bonds. The number of amides is 2. The van der Waals surface area contributed by atoms with Crippen LogP contribution in [-0.2, 0) is 16.1 Å². The van der Waals surface area contributed by atoms with Crippen molar-refractivity contribution in [1.29, 1.82) is 0 Å². The van der Waals surface area contributed by atoms with Crippen molar-refractivity contribution in [3.8, 4) is 17.2 Å². The normalized spacial score (nSPS) is 12.0. The maximum absolute atomic E-state index is 14.3. The molecule has 1 N–H and O–H groups in total. The molecule has 0 bridgehead atoms. The van der Waals surface area contributed by atoms with E-state index in [2.05, 4.69) is 5.32 Å². The third kappa shape index (κ3) is 7.14. The van der Waals surface area contributed by atoms with Crippen LogP contribution >= 0.6 is 0 Å². The maximum Gasteiger partial charge on any atom is 0.261 e. The van der Waals surface area contributed by atoms with Crippen molar-refractivity contribution in [1.82, 2.24) is 10.2 Å². The van der Waals surface area contributed by atoms with Crippen LogP contribution in [0, 0.1) is 5.82 Å². The molecule has 2 aromatic carbocycles. The van der Waals surface area contributed by atoms with Gasteiger partial charge in [-0.2, -0.15) is 0 Å². The molecule has 0 aliphatic carbocycles. The van der Waals surface area contributed by atoms with Crippen LogP contribution in [0.2, 0.25) is 0 Å². The minimum absolute atomic E-state index is 0.0744. The molecule has 0 saturated carbocycles. The average Bonchev–Trinajstić information content (AvgIpc) is 2.74. The molecule has 7 nitrogen and oxygen atoms in total. The summed E-state index contributed by atoms with van der Waals surface area (Å²) >= 11 is 0. The number of benzene rings is 2. The van der Waals surface area contributed by atoms with Crippen molar-refractivity contribution in [2.24, 2.45) is 0 Å². The zero-order valence-electron chi connectivity index (χ0n) is 19.4. The van der Waals surface area contributed by atoms with Crippen LogP contribution in [0.4, 0.5) is 4.39 Å². The predicted molar refractivity (Wildman–Crippen MR) is 119 cm³/mol. The van der Waals surface area contributed by atoms with Gasteiger partial charge in [-0.3, -0.25) is 9.59 Å². The van der Waals surface area contributed by atoms with Gasteiger partial charge >= 0.3 is 0 Å². The summed E-state index contributed by atoms with van der Waals surface area (Å²) in [6, 6.07) is 10.2. The fourth-order valence-electron chi connectivity index (χ4n) is 2.96. The molecule has 2 aromatic rings. The first-order chi connectivity index (χ1) is 15.0. The Morgan fingerprint density at radius 3 is 2.12 bits per heavy atom. The summed E-state index contributed by atoms with van der Waals surface area (Å²) in [5.41, 5.74) is -0.176. The Labute approximate surface area is 188 Å². The number of nitrogens with one attached hydrogen (secondary N) is 1. The van der Waals surface area contributed by atoms with E-state index in [0.717, 1.165) is 0 Å². The lowest BCUT2D eigenvalue weighted by molar-refractivity contribution is -0.142. The number of hydrogen-bond donors (Lipinski definition) is 1. The number of carbonyl (C=O) groups is 2. The number of carbonyl (C=O) groups excluding carboxylic acids is 2. The Bertz CT molecular complexity index is 920. The van der Waals surface area contributed by atoms with E-state index in [1.807, 2.05) is 20.8 Å². The molecule has 0 fully saturated rings. The van der Waals surface area contributed by atoms with Crippen molar-refractivity contribution in [3.63, 3.8) is 0 Å². The van der Waals surface area contributed by atoms with Gasteiger partial charge in [0, 0.05) is 35.8 Å². The van der Waals surface area contributed by atoms with Gasteiger partial charge in [-0.1, -0.05) is 18.2 Å². The Morgan fingerprint density at radius 1 is 1.03 bits per heavy atom. The van der Waals surface area contributed by atoms with Crippen LogP contribution in [0.15, 0.2) is 42.5 Å². The molecule has 0 unspecified atom stereocenters. The van der Waals surface area contributed by atoms with E-state index in [1.54, 1.807) is 43.3 Å². The molecule has 0 spiro atoms. The van der Waals surface area contributed by atoms with Crippen LogP contribution in [0.3, 0.4) is 0 Å². The van der Waals surface area contributed by atoms with E-state index in [1.165, 1.54) is 25.2 Å². The second-order valence-electron chi connectivity index (χ2n) is 8.37. The maximum atomic E-state index is 14.3. The standard InChI is InChI=1S/C24H31FN2O5/c1-16(23(29)26-24(2,3)4)27(14-17-9-7-8-10-21(17)25)22(28)15-32-20-12-18(30-5)11-19(13-20)31-6/h7-13,16H,14-15H2,1-6H3,(H,26,29)/t16-/m1/s1. The molecule has 0 aliphatic rings. The van der Waals surface area contributed by atoms with E-state index >= 15 is 0 Å². The van der Waals surface area contributed by atoms with Gasteiger partial charge < -0.3 is 24.4 Å². The van der Waals surface area contributed by atoms with Gasteiger partial charge in [0.2, 0.25) is 5.91 Å². The quantitative estimate of drug-likeness (QED) is 0.638. The third-order valence-electron chi connectivity index (χ3n) is 4.65. The SMILES string of the molecule is COc1cc(OC)cc(OCC(=O)N(Cc2ccccc2F)[C@H](C)C(=O)NC(C)(C)C)c1. The van der Waals surface area contributed by atoms with E-state index in [9.17, 15) is 14.0 Å². The molecule has 0 heterocycles. The minimum Gasteiger partial charge on any atom is -0.496 e. The number of halogens is 1. The predicted octanol–water partition coefficient (Wildman–Crippen LogP) is 3.55. The van der Waals surface area contributed by atoms with Crippen molar-refractivity contribution in [2.75, 3.05) is 20.8 Å². The van der Waals surface area contributed by atoms with Gasteiger partial charge in [-0.25, -0.2) is 4.39 Å². The zero-order valence-corrected chi connectivity index (χ0v) is 19.4. The van der Waals surface area contributed by atoms with Gasteiger partial charge in [0.1, 0.15) is 29.1 Å². The van der Waals surface area contributed by atoms with E-state index in [-0.39, 0.29) is 19.1 Å². The first-order valence-electron chi connectivity index (χ1n) is 10.2. The molecule has 2 rings (SSSR count). The summed E-state index contributed by atoms with van der Waals surface area (Å²) in [5, 5.41) is 2.86. The van der Waals surface area contributed by atoms with Gasteiger partial charge in [0.25, 0.3) is 5.91 Å². The van der Waals surface area contributed by atoms with Crippen LogP contribution in [0.25, 0.3) is 0 Å². The second-order valence-corrected chi connectivity index (χ2v) is 8.37. The van der Waals surface area contributed by atoms with E-state index < -0.39 is 23.3 Å². The first kappa shape index (κ1) is 25.0. The average molecular weight is 447 g/mol. The molecule has 32 heavy (non-hydrogen) atoms. The molecule has 0 aliphatic heterocycles. The molecule has 0 saturated heterocycles. The fourth-order valence-corrected chi connectivity index (χ4v) is 2.96. The summed E-state index contributed by atoms with van der Waals surface area (Å²) < 4.78 is 30.3. The zero-order chi connectivity index (χ0) is 23.9. The van der Waals surface area contributed by atoms with Crippen LogP contribution in [0.1, 0.15) is 33.3 Å². The largest absolute Gasteiger partial charge is 0.496 e.